The molecular formula is C13H15F3N2O2. The lowest BCUT2D eigenvalue weighted by Gasteiger charge is -2.23. The second-order valence-electron chi connectivity index (χ2n) is 4.82. The highest BCUT2D eigenvalue weighted by atomic mass is 19.4. The lowest BCUT2D eigenvalue weighted by molar-refractivity contribution is -0.137. The Kier molecular flexibility index (Phi) is 3.89. The highest BCUT2D eigenvalue weighted by molar-refractivity contribution is 5.95. The maximum Gasteiger partial charge on any atom is 0.416 e. The standard InChI is InChI=1S/C13H15F3N2O2/c14-13(15,16)9-4-8(5-10(17)6-9)12(20)18-3-1-2-11(18)7-19/h4-6,11,19H,1-3,7,17H2/t11-/m1/s1. The van der Waals surface area contributed by atoms with Gasteiger partial charge in [-0.3, -0.25) is 4.79 Å². The summed E-state index contributed by atoms with van der Waals surface area (Å²) in [5.41, 5.74) is 4.29. The zero-order chi connectivity index (χ0) is 14.9. The number of carbonyl (C=O) groups is 1. The second-order valence-corrected chi connectivity index (χ2v) is 4.82. The molecule has 7 heteroatoms. The number of nitrogens with two attached hydrogens (primary N) is 1. The molecule has 0 spiro atoms. The number of hydrogen-bond donors (Lipinski definition) is 2. The maximum atomic E-state index is 12.7. The minimum atomic E-state index is -4.55. The van der Waals surface area contributed by atoms with Gasteiger partial charge in [0.1, 0.15) is 0 Å². The quantitative estimate of drug-likeness (QED) is 0.817. The molecular weight excluding hydrogens is 273 g/mol. The number of benzene rings is 1. The molecule has 1 aromatic carbocycles. The Morgan fingerprint density at radius 3 is 2.70 bits per heavy atom. The summed E-state index contributed by atoms with van der Waals surface area (Å²) in [6.45, 7) is 0.237. The number of halogens is 3. The van der Waals surface area contributed by atoms with Gasteiger partial charge >= 0.3 is 6.18 Å². The van der Waals surface area contributed by atoms with Gasteiger partial charge in [-0.1, -0.05) is 0 Å². The molecule has 0 saturated carbocycles. The van der Waals surface area contributed by atoms with Crippen LogP contribution >= 0.6 is 0 Å². The topological polar surface area (TPSA) is 66.6 Å². The molecule has 20 heavy (non-hydrogen) atoms. The Labute approximate surface area is 114 Å². The van der Waals surface area contributed by atoms with Crippen molar-refractivity contribution in [3.8, 4) is 0 Å². The van der Waals surface area contributed by atoms with Crippen molar-refractivity contribution in [3.05, 3.63) is 29.3 Å². The molecule has 1 amide bonds. The molecule has 0 radical (unpaired) electrons. The Hall–Kier alpha value is -1.76. The van der Waals surface area contributed by atoms with Gasteiger partial charge in [-0.15, -0.1) is 0 Å². The van der Waals surface area contributed by atoms with E-state index in [-0.39, 0.29) is 23.9 Å². The summed E-state index contributed by atoms with van der Waals surface area (Å²) < 4.78 is 38.1. The fourth-order valence-electron chi connectivity index (χ4n) is 2.40. The minimum absolute atomic E-state index is 0.0994. The Morgan fingerprint density at radius 2 is 2.10 bits per heavy atom. The van der Waals surface area contributed by atoms with E-state index in [1.54, 1.807) is 0 Å². The lowest BCUT2D eigenvalue weighted by atomic mass is 10.1. The predicted octanol–water partition coefficient (Wildman–Crippen LogP) is 1.88. The van der Waals surface area contributed by atoms with Crippen molar-refractivity contribution in [2.75, 3.05) is 18.9 Å². The molecule has 4 nitrogen and oxygen atoms in total. The van der Waals surface area contributed by atoms with Crippen molar-refractivity contribution in [2.24, 2.45) is 0 Å². The molecule has 0 aliphatic carbocycles. The average Bonchev–Trinajstić information content (AvgIpc) is 2.84. The van der Waals surface area contributed by atoms with Crippen LogP contribution in [0.5, 0.6) is 0 Å². The number of rotatable bonds is 2. The number of alkyl halides is 3. The predicted molar refractivity (Wildman–Crippen MR) is 67.0 cm³/mol. The molecule has 0 bridgehead atoms. The first kappa shape index (κ1) is 14.6. The first-order valence-corrected chi connectivity index (χ1v) is 6.22. The molecule has 0 aromatic heterocycles. The zero-order valence-electron chi connectivity index (χ0n) is 10.7. The van der Waals surface area contributed by atoms with Crippen LogP contribution in [0.4, 0.5) is 18.9 Å². The van der Waals surface area contributed by atoms with Crippen molar-refractivity contribution in [2.45, 2.75) is 25.1 Å². The summed E-state index contributed by atoms with van der Waals surface area (Å²) in [7, 11) is 0. The summed E-state index contributed by atoms with van der Waals surface area (Å²) in [4.78, 5) is 13.6. The van der Waals surface area contributed by atoms with Crippen LogP contribution in [0.2, 0.25) is 0 Å². The van der Waals surface area contributed by atoms with Gasteiger partial charge < -0.3 is 15.7 Å². The SMILES string of the molecule is Nc1cc(C(=O)N2CCC[C@@H]2CO)cc(C(F)(F)F)c1. The molecule has 1 fully saturated rings. The summed E-state index contributed by atoms with van der Waals surface area (Å²) in [6.07, 6.45) is -3.17. The fraction of sp³-hybridized carbons (Fsp3) is 0.462. The van der Waals surface area contributed by atoms with E-state index in [1.165, 1.54) is 11.0 Å². The maximum absolute atomic E-state index is 12.7. The lowest BCUT2D eigenvalue weighted by Crippen LogP contribution is -2.37. The van der Waals surface area contributed by atoms with Crippen LogP contribution in [0.15, 0.2) is 18.2 Å². The highest BCUT2D eigenvalue weighted by Crippen LogP contribution is 2.32. The Morgan fingerprint density at radius 1 is 1.40 bits per heavy atom. The molecule has 1 heterocycles. The number of carbonyl (C=O) groups excluding carboxylic acids is 1. The van der Waals surface area contributed by atoms with Crippen molar-refractivity contribution < 1.29 is 23.1 Å². The number of likely N-dealkylation sites (tertiary alicyclic amines) is 1. The van der Waals surface area contributed by atoms with E-state index in [4.69, 9.17) is 5.73 Å². The number of nitrogen functional groups attached to an aromatic ring is 1. The van der Waals surface area contributed by atoms with Crippen molar-refractivity contribution >= 4 is 11.6 Å². The van der Waals surface area contributed by atoms with Crippen LogP contribution in [0.3, 0.4) is 0 Å². The number of anilines is 1. The molecule has 1 saturated heterocycles. The van der Waals surface area contributed by atoms with Crippen LogP contribution in [0.25, 0.3) is 0 Å². The number of aliphatic hydroxyl groups excluding tert-OH is 1. The van der Waals surface area contributed by atoms with Crippen LogP contribution in [0, 0.1) is 0 Å². The monoisotopic (exact) mass is 288 g/mol. The number of aliphatic hydroxyl groups is 1. The van der Waals surface area contributed by atoms with Gasteiger partial charge in [0.15, 0.2) is 0 Å². The van der Waals surface area contributed by atoms with E-state index < -0.39 is 17.6 Å². The zero-order valence-corrected chi connectivity index (χ0v) is 10.7. The van der Waals surface area contributed by atoms with Crippen LogP contribution in [-0.2, 0) is 6.18 Å². The van der Waals surface area contributed by atoms with Crippen LogP contribution in [0.1, 0.15) is 28.8 Å². The van der Waals surface area contributed by atoms with Gasteiger partial charge in [0, 0.05) is 17.8 Å². The fourth-order valence-corrected chi connectivity index (χ4v) is 2.40. The molecule has 0 unspecified atom stereocenters. The summed E-state index contributed by atoms with van der Waals surface area (Å²) >= 11 is 0. The van der Waals surface area contributed by atoms with Gasteiger partial charge in [0.05, 0.1) is 18.2 Å². The third kappa shape index (κ3) is 2.87. The normalized spacial score (nSPS) is 19.4. The first-order chi connectivity index (χ1) is 9.32. The number of amides is 1. The van der Waals surface area contributed by atoms with E-state index in [1.807, 2.05) is 0 Å². The largest absolute Gasteiger partial charge is 0.416 e. The highest BCUT2D eigenvalue weighted by Gasteiger charge is 2.33. The van der Waals surface area contributed by atoms with E-state index in [0.717, 1.165) is 18.6 Å². The smallest absolute Gasteiger partial charge is 0.399 e. The average molecular weight is 288 g/mol. The minimum Gasteiger partial charge on any atom is -0.399 e. The summed E-state index contributed by atoms with van der Waals surface area (Å²) in [5, 5.41) is 9.17. The van der Waals surface area contributed by atoms with E-state index in [0.29, 0.717) is 13.0 Å². The molecule has 1 atom stereocenters. The Balaban J connectivity index is 2.33. The van der Waals surface area contributed by atoms with E-state index in [2.05, 4.69) is 0 Å². The molecule has 2 rings (SSSR count). The van der Waals surface area contributed by atoms with Gasteiger partial charge in [-0.2, -0.15) is 13.2 Å². The van der Waals surface area contributed by atoms with Crippen molar-refractivity contribution in [3.63, 3.8) is 0 Å². The van der Waals surface area contributed by atoms with Gasteiger partial charge in [-0.25, -0.2) is 0 Å². The summed E-state index contributed by atoms with van der Waals surface area (Å²) in [5.74, 6) is -0.528. The molecule has 3 N–H and O–H groups in total. The van der Waals surface area contributed by atoms with E-state index >= 15 is 0 Å². The second kappa shape index (κ2) is 5.32. The van der Waals surface area contributed by atoms with Crippen LogP contribution in [-0.4, -0.2) is 35.1 Å². The molecule has 110 valence electrons. The number of hydrogen-bond acceptors (Lipinski definition) is 3. The molecule has 1 aliphatic rings. The van der Waals surface area contributed by atoms with Crippen molar-refractivity contribution in [1.29, 1.82) is 0 Å². The van der Waals surface area contributed by atoms with Gasteiger partial charge in [0.25, 0.3) is 5.91 Å². The molecule has 1 aliphatic heterocycles. The Bertz CT molecular complexity index is 517. The van der Waals surface area contributed by atoms with Crippen molar-refractivity contribution in [1.82, 2.24) is 4.90 Å². The summed E-state index contributed by atoms with van der Waals surface area (Å²) in [6, 6.07) is 2.48. The van der Waals surface area contributed by atoms with Gasteiger partial charge in [-0.05, 0) is 31.0 Å². The number of nitrogens with zero attached hydrogens (tertiary/aromatic N) is 1. The third-order valence-electron chi connectivity index (χ3n) is 3.38. The first-order valence-electron chi connectivity index (χ1n) is 6.22. The van der Waals surface area contributed by atoms with E-state index in [9.17, 15) is 23.1 Å². The van der Waals surface area contributed by atoms with Gasteiger partial charge in [0.2, 0.25) is 0 Å². The van der Waals surface area contributed by atoms with Crippen LogP contribution < -0.4 is 5.73 Å². The third-order valence-corrected chi connectivity index (χ3v) is 3.38. The molecule has 1 aromatic rings.